The summed E-state index contributed by atoms with van der Waals surface area (Å²) in [6.07, 6.45) is 3.49. The van der Waals surface area contributed by atoms with Gasteiger partial charge in [-0.1, -0.05) is 6.92 Å². The van der Waals surface area contributed by atoms with Gasteiger partial charge in [-0.25, -0.2) is 0 Å². The van der Waals surface area contributed by atoms with Crippen molar-refractivity contribution in [3.63, 3.8) is 0 Å². The molecule has 0 aromatic heterocycles. The van der Waals surface area contributed by atoms with E-state index in [4.69, 9.17) is 0 Å². The summed E-state index contributed by atoms with van der Waals surface area (Å²) in [6.45, 7) is 4.00. The van der Waals surface area contributed by atoms with E-state index in [0.717, 1.165) is 28.9 Å². The maximum Gasteiger partial charge on any atom is 0.274 e. The number of anilines is 1. The maximum atomic E-state index is 10.9. The quantitative estimate of drug-likeness (QED) is 0.670. The lowest BCUT2D eigenvalue weighted by molar-refractivity contribution is -0.385. The molecule has 0 spiro atoms. The monoisotopic (exact) mass is 312 g/mol. The summed E-state index contributed by atoms with van der Waals surface area (Å²) in [4.78, 5) is 10.6. The average molecular weight is 313 g/mol. The molecule has 0 amide bonds. The minimum Gasteiger partial charge on any atom is -0.381 e. The van der Waals surface area contributed by atoms with Crippen molar-refractivity contribution in [1.82, 2.24) is 0 Å². The lowest BCUT2D eigenvalue weighted by Crippen LogP contribution is -2.15. The van der Waals surface area contributed by atoms with Crippen LogP contribution in [0.4, 0.5) is 11.4 Å². The van der Waals surface area contributed by atoms with E-state index in [-0.39, 0.29) is 10.6 Å². The van der Waals surface area contributed by atoms with Gasteiger partial charge in [-0.3, -0.25) is 10.1 Å². The zero-order chi connectivity index (χ0) is 13.3. The van der Waals surface area contributed by atoms with Gasteiger partial charge in [-0.05, 0) is 54.1 Å². The number of hydrogen-bond acceptors (Lipinski definition) is 3. The Morgan fingerprint density at radius 2 is 2.17 bits per heavy atom. The van der Waals surface area contributed by atoms with Crippen LogP contribution in [0.15, 0.2) is 16.6 Å². The highest BCUT2D eigenvalue weighted by atomic mass is 79.9. The van der Waals surface area contributed by atoms with Crippen molar-refractivity contribution in [1.29, 1.82) is 0 Å². The number of rotatable bonds is 3. The molecule has 1 aromatic rings. The Hall–Kier alpha value is -1.10. The number of hydrogen-bond donors (Lipinski definition) is 1. The summed E-state index contributed by atoms with van der Waals surface area (Å²) in [5.74, 6) is 0.738. The second kappa shape index (κ2) is 5.26. The molecule has 2 unspecified atom stereocenters. The zero-order valence-corrected chi connectivity index (χ0v) is 12.2. The van der Waals surface area contributed by atoms with Crippen LogP contribution in [0.5, 0.6) is 0 Å². The Kier molecular flexibility index (Phi) is 3.90. The largest absolute Gasteiger partial charge is 0.381 e. The standard InChI is InChI=1S/C13H17BrN2O2/c1-8-3-4-10(5-8)15-12-7-13(16(17)18)9(2)6-11(12)14/h6-8,10,15H,3-5H2,1-2H3. The molecule has 1 N–H and O–H groups in total. The molecular weight excluding hydrogens is 296 g/mol. The van der Waals surface area contributed by atoms with E-state index in [9.17, 15) is 10.1 Å². The Morgan fingerprint density at radius 1 is 1.44 bits per heavy atom. The predicted molar refractivity (Wildman–Crippen MR) is 76.0 cm³/mol. The first-order valence-electron chi connectivity index (χ1n) is 6.18. The molecule has 1 aliphatic carbocycles. The number of aryl methyl sites for hydroxylation is 1. The Morgan fingerprint density at radius 3 is 2.72 bits per heavy atom. The SMILES string of the molecule is Cc1cc(Br)c(NC2CCC(C)C2)cc1[N+](=O)[O-]. The van der Waals surface area contributed by atoms with Crippen LogP contribution < -0.4 is 5.32 Å². The summed E-state index contributed by atoms with van der Waals surface area (Å²) in [6, 6.07) is 3.86. The predicted octanol–water partition coefficient (Wildman–Crippen LogP) is 4.27. The van der Waals surface area contributed by atoms with Crippen LogP contribution in [0.1, 0.15) is 31.7 Å². The highest BCUT2D eigenvalue weighted by Crippen LogP contribution is 2.34. The number of nitro groups is 1. The molecule has 1 fully saturated rings. The molecule has 0 bridgehead atoms. The fourth-order valence-electron chi connectivity index (χ4n) is 2.53. The highest BCUT2D eigenvalue weighted by molar-refractivity contribution is 9.10. The molecular formula is C13H17BrN2O2. The molecule has 0 saturated heterocycles. The van der Waals surface area contributed by atoms with Gasteiger partial charge in [0.2, 0.25) is 0 Å². The van der Waals surface area contributed by atoms with Crippen LogP contribution in [0, 0.1) is 23.0 Å². The second-order valence-corrected chi connectivity index (χ2v) is 5.99. The third-order valence-corrected chi connectivity index (χ3v) is 4.19. The van der Waals surface area contributed by atoms with Crippen molar-refractivity contribution < 1.29 is 4.92 Å². The highest BCUT2D eigenvalue weighted by Gasteiger charge is 2.23. The third kappa shape index (κ3) is 2.83. The molecule has 1 saturated carbocycles. The van der Waals surface area contributed by atoms with Crippen LogP contribution in [0.2, 0.25) is 0 Å². The van der Waals surface area contributed by atoms with Gasteiger partial charge in [0.15, 0.2) is 0 Å². The van der Waals surface area contributed by atoms with Crippen molar-refractivity contribution in [3.8, 4) is 0 Å². The first-order chi connectivity index (χ1) is 8.47. The van der Waals surface area contributed by atoms with E-state index in [0.29, 0.717) is 11.6 Å². The van der Waals surface area contributed by atoms with Gasteiger partial charge in [0.05, 0.1) is 10.6 Å². The number of halogens is 1. The lowest BCUT2D eigenvalue weighted by atomic mass is 10.1. The van der Waals surface area contributed by atoms with Crippen LogP contribution in [0.3, 0.4) is 0 Å². The Bertz CT molecular complexity index is 476. The molecule has 2 atom stereocenters. The summed E-state index contributed by atoms with van der Waals surface area (Å²) in [7, 11) is 0. The van der Waals surface area contributed by atoms with Crippen LogP contribution in [0.25, 0.3) is 0 Å². The first-order valence-corrected chi connectivity index (χ1v) is 6.97. The molecule has 0 radical (unpaired) electrons. The van der Waals surface area contributed by atoms with Gasteiger partial charge in [0.25, 0.3) is 5.69 Å². The van der Waals surface area contributed by atoms with E-state index in [1.807, 2.05) is 0 Å². The number of nitrogens with zero attached hydrogens (tertiary/aromatic N) is 1. The van der Waals surface area contributed by atoms with E-state index < -0.39 is 0 Å². The molecule has 98 valence electrons. The summed E-state index contributed by atoms with van der Waals surface area (Å²) in [5.41, 5.74) is 1.68. The molecule has 1 aromatic carbocycles. The van der Waals surface area contributed by atoms with Gasteiger partial charge in [0, 0.05) is 22.1 Å². The zero-order valence-electron chi connectivity index (χ0n) is 10.6. The van der Waals surface area contributed by atoms with Crippen molar-refractivity contribution in [2.24, 2.45) is 5.92 Å². The fourth-order valence-corrected chi connectivity index (χ4v) is 3.10. The van der Waals surface area contributed by atoms with Crippen LogP contribution in [-0.4, -0.2) is 11.0 Å². The molecule has 4 nitrogen and oxygen atoms in total. The van der Waals surface area contributed by atoms with E-state index >= 15 is 0 Å². The van der Waals surface area contributed by atoms with Gasteiger partial charge >= 0.3 is 0 Å². The van der Waals surface area contributed by atoms with E-state index in [1.54, 1.807) is 19.1 Å². The van der Waals surface area contributed by atoms with Crippen LogP contribution >= 0.6 is 15.9 Å². The fraction of sp³-hybridized carbons (Fsp3) is 0.538. The van der Waals surface area contributed by atoms with E-state index in [1.165, 1.54) is 6.42 Å². The molecule has 0 aliphatic heterocycles. The lowest BCUT2D eigenvalue weighted by Gasteiger charge is -2.15. The topological polar surface area (TPSA) is 55.2 Å². The van der Waals surface area contributed by atoms with Crippen LogP contribution in [-0.2, 0) is 0 Å². The van der Waals surface area contributed by atoms with Crippen molar-refractivity contribution in [3.05, 3.63) is 32.3 Å². The molecule has 18 heavy (non-hydrogen) atoms. The van der Waals surface area contributed by atoms with Gasteiger partial charge < -0.3 is 5.32 Å². The molecule has 0 heterocycles. The summed E-state index contributed by atoms with van der Waals surface area (Å²) >= 11 is 3.47. The molecule has 2 rings (SSSR count). The van der Waals surface area contributed by atoms with E-state index in [2.05, 4.69) is 28.2 Å². The maximum absolute atomic E-state index is 10.9. The smallest absolute Gasteiger partial charge is 0.274 e. The summed E-state index contributed by atoms with van der Waals surface area (Å²) in [5, 5.41) is 14.3. The Labute approximate surface area is 115 Å². The minimum atomic E-state index is -0.329. The van der Waals surface area contributed by atoms with Crippen molar-refractivity contribution in [2.75, 3.05) is 5.32 Å². The number of nitro benzene ring substituents is 1. The number of nitrogens with one attached hydrogen (secondary N) is 1. The normalized spacial score (nSPS) is 23.1. The average Bonchev–Trinajstić information content (AvgIpc) is 2.67. The minimum absolute atomic E-state index is 0.173. The number of benzene rings is 1. The Balaban J connectivity index is 2.22. The molecule has 5 heteroatoms. The van der Waals surface area contributed by atoms with Gasteiger partial charge in [-0.15, -0.1) is 0 Å². The van der Waals surface area contributed by atoms with Gasteiger partial charge in [0.1, 0.15) is 0 Å². The van der Waals surface area contributed by atoms with Crippen molar-refractivity contribution >= 4 is 27.3 Å². The second-order valence-electron chi connectivity index (χ2n) is 5.14. The summed E-state index contributed by atoms with van der Waals surface area (Å²) < 4.78 is 0.894. The van der Waals surface area contributed by atoms with Gasteiger partial charge in [-0.2, -0.15) is 0 Å². The third-order valence-electron chi connectivity index (χ3n) is 3.54. The first kappa shape index (κ1) is 13.3. The van der Waals surface area contributed by atoms with Crippen molar-refractivity contribution in [2.45, 2.75) is 39.2 Å². The molecule has 1 aliphatic rings.